The molecule has 0 radical (unpaired) electrons. The van der Waals surface area contributed by atoms with E-state index >= 15 is 0 Å². The van der Waals surface area contributed by atoms with Crippen molar-refractivity contribution in [3.63, 3.8) is 0 Å². The zero-order valence-electron chi connectivity index (χ0n) is 16.0. The predicted octanol–water partition coefficient (Wildman–Crippen LogP) is 3.48. The Morgan fingerprint density at radius 1 is 1.18 bits per heavy atom. The molecule has 0 unspecified atom stereocenters. The summed E-state index contributed by atoms with van der Waals surface area (Å²) in [4.78, 5) is 4.73. The molecule has 1 aliphatic heterocycles. The monoisotopic (exact) mass is 293 g/mol. The van der Waals surface area contributed by atoms with Gasteiger partial charge in [-0.1, -0.05) is 6.08 Å². The summed E-state index contributed by atoms with van der Waals surface area (Å²) < 4.78 is 27.1. The predicted molar refractivity (Wildman–Crippen MR) is 89.6 cm³/mol. The molecule has 0 N–H and O–H groups in total. The van der Waals surface area contributed by atoms with Crippen molar-refractivity contribution in [1.82, 2.24) is 9.55 Å². The van der Waals surface area contributed by atoms with E-state index in [2.05, 4.69) is 35.9 Å². The van der Waals surface area contributed by atoms with Gasteiger partial charge < -0.3 is 4.57 Å². The Labute approximate surface area is 134 Å². The summed E-state index contributed by atoms with van der Waals surface area (Å²) in [5.74, 6) is 1.06. The Hall–Kier alpha value is -2.42. The number of imidazole rings is 1. The van der Waals surface area contributed by atoms with Crippen molar-refractivity contribution in [3.05, 3.63) is 53.0 Å². The third kappa shape index (κ3) is 1.82. The molecule has 3 heterocycles. The number of hydrogen-bond acceptors (Lipinski definition) is 1. The van der Waals surface area contributed by atoms with Crippen LogP contribution in [0.25, 0.3) is 28.5 Å². The molecule has 0 atom stereocenters. The van der Waals surface area contributed by atoms with Crippen molar-refractivity contribution >= 4 is 17.2 Å². The normalized spacial score (nSPS) is 15.7. The molecule has 3 nitrogen and oxygen atoms in total. The molecule has 1 aromatic carbocycles. The second-order valence-electron chi connectivity index (χ2n) is 6.01. The van der Waals surface area contributed by atoms with Crippen LogP contribution in [-0.4, -0.2) is 9.55 Å². The van der Waals surface area contributed by atoms with Crippen LogP contribution < -0.4 is 4.57 Å². The number of rotatable bonds is 1. The summed E-state index contributed by atoms with van der Waals surface area (Å²) in [7, 11) is 1.89. The van der Waals surface area contributed by atoms with Crippen molar-refractivity contribution < 1.29 is 8.68 Å². The molecule has 22 heavy (non-hydrogen) atoms. The third-order valence-electron chi connectivity index (χ3n) is 4.42. The van der Waals surface area contributed by atoms with Crippen LogP contribution in [0.3, 0.4) is 0 Å². The van der Waals surface area contributed by atoms with Crippen LogP contribution in [0, 0.1) is 20.7 Å². The number of aromatic nitrogens is 3. The van der Waals surface area contributed by atoms with Crippen molar-refractivity contribution in [2.75, 3.05) is 0 Å². The first-order chi connectivity index (χ1) is 11.8. The number of aryl methyl sites for hydroxylation is 4. The zero-order valence-corrected chi connectivity index (χ0v) is 13.0. The molecule has 0 saturated heterocycles. The Kier molecular flexibility index (Phi) is 2.13. The largest absolute Gasteiger partial charge is 0.303 e. The maximum absolute atomic E-state index is 7.69. The van der Waals surface area contributed by atoms with Gasteiger partial charge in [-0.05, 0) is 44.0 Å². The molecule has 0 aliphatic carbocycles. The van der Waals surface area contributed by atoms with Gasteiger partial charge in [0.25, 0.3) is 0 Å². The van der Waals surface area contributed by atoms with Gasteiger partial charge in [-0.3, -0.25) is 0 Å². The summed E-state index contributed by atoms with van der Waals surface area (Å²) in [5.41, 5.74) is 6.48. The van der Waals surface area contributed by atoms with Crippen molar-refractivity contribution in [3.8, 4) is 11.3 Å². The number of hydrogen-bond donors (Lipinski definition) is 0. The third-order valence-corrected chi connectivity index (χ3v) is 4.42. The van der Waals surface area contributed by atoms with Gasteiger partial charge in [-0.2, -0.15) is 0 Å². The summed E-state index contributed by atoms with van der Waals surface area (Å²) in [6, 6.07) is 6.22. The molecule has 0 spiro atoms. The molecule has 3 heteroatoms. The van der Waals surface area contributed by atoms with Crippen LogP contribution in [0.5, 0.6) is 0 Å². The summed E-state index contributed by atoms with van der Waals surface area (Å²) in [6.07, 6.45) is 6.77. The van der Waals surface area contributed by atoms with Gasteiger partial charge in [0, 0.05) is 28.4 Å². The maximum Gasteiger partial charge on any atom is 0.212 e. The number of pyridine rings is 1. The average Bonchev–Trinajstić information content (AvgIpc) is 3.09. The highest BCUT2D eigenvalue weighted by molar-refractivity contribution is 5.85. The molecule has 0 saturated carbocycles. The lowest BCUT2D eigenvalue weighted by Crippen LogP contribution is -2.31. The van der Waals surface area contributed by atoms with Gasteiger partial charge in [0.05, 0.1) is 16.6 Å². The first kappa shape index (κ1) is 10.3. The second-order valence-corrected chi connectivity index (χ2v) is 6.01. The van der Waals surface area contributed by atoms with E-state index in [0.29, 0.717) is 5.56 Å². The highest BCUT2D eigenvalue weighted by Crippen LogP contribution is 2.29. The molecular weight excluding hydrogens is 270 g/mol. The molecule has 0 bridgehead atoms. The average molecular weight is 293 g/mol. The lowest BCUT2D eigenvalue weighted by Gasteiger charge is -2.08. The fourth-order valence-electron chi connectivity index (χ4n) is 3.16. The Morgan fingerprint density at radius 3 is 2.86 bits per heavy atom. The summed E-state index contributed by atoms with van der Waals surface area (Å²) in [6.45, 7) is 1.84. The number of nitrogens with zero attached hydrogens (tertiary/aromatic N) is 3. The van der Waals surface area contributed by atoms with E-state index in [1.54, 1.807) is 6.20 Å². The van der Waals surface area contributed by atoms with Crippen LogP contribution in [0.2, 0.25) is 0 Å². The summed E-state index contributed by atoms with van der Waals surface area (Å²) >= 11 is 0. The van der Waals surface area contributed by atoms with Gasteiger partial charge in [-0.25, -0.2) is 9.55 Å². The number of benzene rings is 1. The van der Waals surface area contributed by atoms with E-state index in [1.165, 1.54) is 0 Å². The minimum absolute atomic E-state index is 0.392. The van der Waals surface area contributed by atoms with Gasteiger partial charge in [0.1, 0.15) is 12.9 Å². The molecule has 2 aromatic heterocycles. The van der Waals surface area contributed by atoms with E-state index in [0.717, 1.165) is 45.7 Å². The minimum atomic E-state index is -2.10. The van der Waals surface area contributed by atoms with E-state index in [1.807, 2.05) is 24.6 Å². The molecule has 3 aromatic rings. The topological polar surface area (TPSA) is 21.7 Å². The maximum atomic E-state index is 7.69. The van der Waals surface area contributed by atoms with Crippen LogP contribution in [0.1, 0.15) is 26.6 Å². The highest BCUT2D eigenvalue weighted by atomic mass is 15.1. The first-order valence-corrected chi connectivity index (χ1v) is 7.45. The van der Waals surface area contributed by atoms with Gasteiger partial charge in [-0.15, -0.1) is 0 Å². The quantitative estimate of drug-likeness (QED) is 0.630. The Balaban J connectivity index is 1.92. The van der Waals surface area contributed by atoms with E-state index in [9.17, 15) is 0 Å². The number of fused-ring (bicyclic) bond motifs is 3. The summed E-state index contributed by atoms with van der Waals surface area (Å²) in [5, 5.41) is 0. The number of allylic oxidation sites excluding steroid dienone is 1. The smallest absolute Gasteiger partial charge is 0.212 e. The molecule has 1 aliphatic rings. The highest BCUT2D eigenvalue weighted by Gasteiger charge is 2.18. The van der Waals surface area contributed by atoms with Crippen LogP contribution in [0.15, 0.2) is 30.5 Å². The van der Waals surface area contributed by atoms with Crippen molar-refractivity contribution in [1.29, 1.82) is 0 Å². The lowest BCUT2D eigenvalue weighted by molar-refractivity contribution is -0.660. The molecule has 0 fully saturated rings. The molecule has 0 amide bonds. The van der Waals surface area contributed by atoms with Gasteiger partial charge >= 0.3 is 0 Å². The molecular formula is C19H20N3+. The molecule has 4 rings (SSSR count). The molecule has 110 valence electrons. The van der Waals surface area contributed by atoms with E-state index < -0.39 is 6.85 Å². The second kappa shape index (κ2) is 4.54. The lowest BCUT2D eigenvalue weighted by atomic mass is 10.0. The van der Waals surface area contributed by atoms with Crippen molar-refractivity contribution in [2.24, 2.45) is 7.05 Å². The fraction of sp³-hybridized carbons (Fsp3) is 0.263. The minimum Gasteiger partial charge on any atom is -0.303 e. The SMILES string of the molecule is [2H]C([2H])([2H])c1c[n+](C)c(-c2cc3nc4n(c3cc2C)C=CC4)cc1C. The van der Waals surface area contributed by atoms with Gasteiger partial charge in [0.2, 0.25) is 5.69 Å². The van der Waals surface area contributed by atoms with Crippen LogP contribution in [0.4, 0.5) is 0 Å². The van der Waals surface area contributed by atoms with Crippen LogP contribution >= 0.6 is 0 Å². The van der Waals surface area contributed by atoms with Gasteiger partial charge in [0.15, 0.2) is 6.20 Å². The van der Waals surface area contributed by atoms with Crippen molar-refractivity contribution in [2.45, 2.75) is 27.1 Å². The van der Waals surface area contributed by atoms with Crippen LogP contribution in [-0.2, 0) is 13.5 Å². The van der Waals surface area contributed by atoms with E-state index in [-0.39, 0.29) is 0 Å². The fourth-order valence-corrected chi connectivity index (χ4v) is 3.16. The van der Waals surface area contributed by atoms with E-state index in [4.69, 9.17) is 9.10 Å². The Bertz CT molecular complexity index is 1040. The Morgan fingerprint density at radius 2 is 2.05 bits per heavy atom. The standard InChI is InChI=1S/C19H20N3/c1-12-8-17(21(4)11-14(12)3)15-10-16-18(9-13(15)2)22-7-5-6-19(22)20-16/h5,7-11H,6H2,1-4H3/q+1/i3D3. The zero-order chi connectivity index (χ0) is 17.9. The first-order valence-electron chi connectivity index (χ1n) is 8.95.